The first-order valence-electron chi connectivity index (χ1n) is 4.79. The fourth-order valence-electron chi connectivity index (χ4n) is 1.29. The average Bonchev–Trinajstić information content (AvgIpc) is 2.19. The van der Waals surface area contributed by atoms with Crippen LogP contribution in [0, 0.1) is 5.82 Å². The van der Waals surface area contributed by atoms with Crippen LogP contribution in [0.15, 0.2) is 9.59 Å². The van der Waals surface area contributed by atoms with E-state index in [4.69, 9.17) is 0 Å². The zero-order chi connectivity index (χ0) is 12.3. The molecule has 0 atom stereocenters. The molecule has 1 aromatic rings. The van der Waals surface area contributed by atoms with E-state index >= 15 is 0 Å². The number of aromatic nitrogens is 2. The summed E-state index contributed by atoms with van der Waals surface area (Å²) in [6.45, 7) is 0.836. The Hall–Kier alpha value is -1.63. The maximum Gasteiger partial charge on any atom is 0.331 e. The summed E-state index contributed by atoms with van der Waals surface area (Å²) in [7, 11) is 3.71. The first-order valence-corrected chi connectivity index (χ1v) is 4.79. The van der Waals surface area contributed by atoms with Crippen molar-refractivity contribution in [2.45, 2.75) is 13.0 Å². The number of halogens is 1. The maximum absolute atomic E-state index is 13.0. The average molecular weight is 231 g/mol. The molecule has 0 fully saturated rings. The molecule has 0 aromatic carbocycles. The van der Waals surface area contributed by atoms with Crippen molar-refractivity contribution in [3.8, 4) is 5.88 Å². The fraction of sp³-hybridized carbons (Fsp3) is 0.556. The summed E-state index contributed by atoms with van der Waals surface area (Å²) >= 11 is 0. The van der Waals surface area contributed by atoms with Crippen LogP contribution in [0.25, 0.3) is 0 Å². The van der Waals surface area contributed by atoms with Crippen LogP contribution in [-0.4, -0.2) is 40.2 Å². The third kappa shape index (κ3) is 2.69. The van der Waals surface area contributed by atoms with Crippen molar-refractivity contribution in [1.82, 2.24) is 14.5 Å². The van der Waals surface area contributed by atoms with E-state index < -0.39 is 22.9 Å². The summed E-state index contributed by atoms with van der Waals surface area (Å²) in [5.41, 5.74) is -2.01. The van der Waals surface area contributed by atoms with E-state index in [1.807, 2.05) is 19.0 Å². The lowest BCUT2D eigenvalue weighted by Crippen LogP contribution is -2.32. The van der Waals surface area contributed by atoms with Crippen LogP contribution in [0.4, 0.5) is 4.39 Å². The molecule has 0 aliphatic carbocycles. The summed E-state index contributed by atoms with van der Waals surface area (Å²) in [4.78, 5) is 25.7. The number of hydrogen-bond acceptors (Lipinski definition) is 4. The van der Waals surface area contributed by atoms with E-state index in [1.54, 1.807) is 4.98 Å². The molecule has 0 aliphatic heterocycles. The molecule has 0 aliphatic rings. The third-order valence-corrected chi connectivity index (χ3v) is 2.10. The van der Waals surface area contributed by atoms with Crippen molar-refractivity contribution in [2.24, 2.45) is 0 Å². The Balaban J connectivity index is 2.93. The number of H-pyrrole nitrogens is 1. The molecule has 16 heavy (non-hydrogen) atoms. The smallest absolute Gasteiger partial charge is 0.331 e. The second kappa shape index (κ2) is 4.93. The summed E-state index contributed by atoms with van der Waals surface area (Å²) in [5.74, 6) is -2.24. The molecule has 0 saturated carbocycles. The van der Waals surface area contributed by atoms with E-state index in [2.05, 4.69) is 0 Å². The Kier molecular flexibility index (Phi) is 3.83. The second-order valence-corrected chi connectivity index (χ2v) is 3.71. The molecule has 0 radical (unpaired) electrons. The van der Waals surface area contributed by atoms with Crippen LogP contribution >= 0.6 is 0 Å². The molecule has 0 unspecified atom stereocenters. The quantitative estimate of drug-likeness (QED) is 0.720. The number of aromatic hydroxyl groups is 1. The van der Waals surface area contributed by atoms with Crippen LogP contribution in [-0.2, 0) is 6.54 Å². The Morgan fingerprint density at radius 2 is 2.06 bits per heavy atom. The molecule has 2 N–H and O–H groups in total. The minimum atomic E-state index is -1.33. The number of hydrogen-bond donors (Lipinski definition) is 2. The Labute approximate surface area is 90.9 Å². The van der Waals surface area contributed by atoms with Crippen molar-refractivity contribution in [3.05, 3.63) is 26.7 Å². The number of rotatable bonds is 4. The predicted octanol–water partition coefficient (Wildman–Crippen LogP) is -0.667. The van der Waals surface area contributed by atoms with Crippen molar-refractivity contribution in [3.63, 3.8) is 0 Å². The summed E-state index contributed by atoms with van der Waals surface area (Å²) in [6, 6.07) is 0. The fourth-order valence-corrected chi connectivity index (χ4v) is 1.29. The van der Waals surface area contributed by atoms with Gasteiger partial charge in [-0.2, -0.15) is 4.39 Å². The lowest BCUT2D eigenvalue weighted by atomic mass is 10.4. The van der Waals surface area contributed by atoms with Gasteiger partial charge in [-0.05, 0) is 27.1 Å². The van der Waals surface area contributed by atoms with Crippen molar-refractivity contribution >= 4 is 0 Å². The van der Waals surface area contributed by atoms with E-state index in [0.29, 0.717) is 13.0 Å². The van der Waals surface area contributed by atoms with Crippen molar-refractivity contribution in [1.29, 1.82) is 0 Å². The highest BCUT2D eigenvalue weighted by Crippen LogP contribution is 2.07. The lowest BCUT2D eigenvalue weighted by Gasteiger charge is -2.11. The van der Waals surface area contributed by atoms with Crippen LogP contribution in [0.1, 0.15) is 6.42 Å². The van der Waals surface area contributed by atoms with Gasteiger partial charge < -0.3 is 10.0 Å². The minimum Gasteiger partial charge on any atom is -0.492 e. The maximum atomic E-state index is 13.0. The third-order valence-electron chi connectivity index (χ3n) is 2.10. The topological polar surface area (TPSA) is 78.3 Å². The number of aromatic amines is 1. The molecule has 7 heteroatoms. The largest absolute Gasteiger partial charge is 0.492 e. The van der Waals surface area contributed by atoms with Gasteiger partial charge in [0, 0.05) is 6.54 Å². The molecule has 6 nitrogen and oxygen atoms in total. The zero-order valence-corrected chi connectivity index (χ0v) is 9.16. The van der Waals surface area contributed by atoms with E-state index in [9.17, 15) is 19.1 Å². The van der Waals surface area contributed by atoms with Crippen LogP contribution in [0.5, 0.6) is 5.88 Å². The molecule has 1 rings (SSSR count). The minimum absolute atomic E-state index is 0.149. The highest BCUT2D eigenvalue weighted by Gasteiger charge is 2.12. The first kappa shape index (κ1) is 12.4. The molecule has 0 spiro atoms. The highest BCUT2D eigenvalue weighted by atomic mass is 19.1. The van der Waals surface area contributed by atoms with Gasteiger partial charge in [0.1, 0.15) is 0 Å². The molecular weight excluding hydrogens is 217 g/mol. The van der Waals surface area contributed by atoms with Gasteiger partial charge in [-0.1, -0.05) is 0 Å². The number of nitrogens with zero attached hydrogens (tertiary/aromatic N) is 2. The first-order chi connectivity index (χ1) is 7.43. The SMILES string of the molecule is CN(C)CCCn1c(O)c(F)c(=O)[nH]c1=O. The van der Waals surface area contributed by atoms with Gasteiger partial charge in [0.25, 0.3) is 5.56 Å². The molecule has 1 aromatic heterocycles. The molecule has 0 amide bonds. The Morgan fingerprint density at radius 3 is 2.62 bits per heavy atom. The standard InChI is InChI=1S/C9H14FN3O3/c1-12(2)4-3-5-13-8(15)6(10)7(14)11-9(13)16/h15H,3-5H2,1-2H3,(H,11,14,16). The molecule has 90 valence electrons. The normalized spacial score (nSPS) is 11.0. The Bertz CT molecular complexity index is 478. The lowest BCUT2D eigenvalue weighted by molar-refractivity contribution is 0.338. The van der Waals surface area contributed by atoms with E-state index in [0.717, 1.165) is 4.57 Å². The molecular formula is C9H14FN3O3. The van der Waals surface area contributed by atoms with Gasteiger partial charge >= 0.3 is 5.69 Å². The molecule has 0 bridgehead atoms. The summed E-state index contributed by atoms with van der Waals surface area (Å²) < 4.78 is 13.8. The van der Waals surface area contributed by atoms with E-state index in [-0.39, 0.29) is 6.54 Å². The Morgan fingerprint density at radius 1 is 1.44 bits per heavy atom. The van der Waals surface area contributed by atoms with Crippen LogP contribution < -0.4 is 11.2 Å². The predicted molar refractivity (Wildman–Crippen MR) is 56.1 cm³/mol. The van der Waals surface area contributed by atoms with Crippen LogP contribution in [0.2, 0.25) is 0 Å². The second-order valence-electron chi connectivity index (χ2n) is 3.71. The van der Waals surface area contributed by atoms with Gasteiger partial charge in [-0.25, -0.2) is 4.79 Å². The van der Waals surface area contributed by atoms with Crippen molar-refractivity contribution < 1.29 is 9.50 Å². The summed E-state index contributed by atoms with van der Waals surface area (Å²) in [6.07, 6.45) is 0.561. The van der Waals surface area contributed by atoms with Gasteiger partial charge in [0.15, 0.2) is 0 Å². The monoisotopic (exact) mass is 231 g/mol. The number of nitrogens with one attached hydrogen (secondary N) is 1. The van der Waals surface area contributed by atoms with Gasteiger partial charge in [0.05, 0.1) is 0 Å². The molecule has 0 saturated heterocycles. The van der Waals surface area contributed by atoms with Crippen molar-refractivity contribution in [2.75, 3.05) is 20.6 Å². The van der Waals surface area contributed by atoms with Gasteiger partial charge in [-0.3, -0.25) is 14.3 Å². The van der Waals surface area contributed by atoms with E-state index in [1.165, 1.54) is 0 Å². The van der Waals surface area contributed by atoms with Gasteiger partial charge in [0.2, 0.25) is 11.7 Å². The summed E-state index contributed by atoms with van der Waals surface area (Å²) in [5, 5.41) is 9.28. The van der Waals surface area contributed by atoms with Gasteiger partial charge in [-0.15, -0.1) is 0 Å². The highest BCUT2D eigenvalue weighted by molar-refractivity contribution is 5.09. The van der Waals surface area contributed by atoms with Crippen LogP contribution in [0.3, 0.4) is 0 Å². The zero-order valence-electron chi connectivity index (χ0n) is 9.16. The molecule has 1 heterocycles.